The van der Waals surface area contributed by atoms with Crippen LogP contribution in [0.5, 0.6) is 0 Å². The molecule has 0 spiro atoms. The molecule has 2 aliphatic rings. The molecule has 0 aliphatic heterocycles. The molecule has 3 heteroatoms. The van der Waals surface area contributed by atoms with E-state index in [4.69, 9.17) is 0 Å². The van der Waals surface area contributed by atoms with Crippen LogP contribution >= 0.6 is 0 Å². The minimum Gasteiger partial charge on any atom is -0.391 e. The van der Waals surface area contributed by atoms with E-state index in [1.54, 1.807) is 0 Å². The average Bonchev–Trinajstić information content (AvgIpc) is 2.97. The van der Waals surface area contributed by atoms with Crippen LogP contribution < -0.4 is 5.32 Å². The lowest BCUT2D eigenvalue weighted by Gasteiger charge is -2.22. The van der Waals surface area contributed by atoms with Gasteiger partial charge in [-0.1, -0.05) is 26.7 Å². The lowest BCUT2D eigenvalue weighted by atomic mass is 9.86. The van der Waals surface area contributed by atoms with E-state index in [1.807, 2.05) is 6.92 Å². The van der Waals surface area contributed by atoms with E-state index in [9.17, 15) is 9.90 Å². The number of fused-ring (bicyclic) bond motifs is 2. The van der Waals surface area contributed by atoms with Gasteiger partial charge in [-0.25, -0.2) is 0 Å². The van der Waals surface area contributed by atoms with Crippen molar-refractivity contribution in [2.75, 3.05) is 6.54 Å². The summed E-state index contributed by atoms with van der Waals surface area (Å²) in [7, 11) is 0. The average molecular weight is 253 g/mol. The summed E-state index contributed by atoms with van der Waals surface area (Å²) in [6.45, 7) is 4.49. The van der Waals surface area contributed by atoms with Crippen LogP contribution in [0.4, 0.5) is 0 Å². The maximum atomic E-state index is 11.9. The molecule has 2 aliphatic carbocycles. The minimum atomic E-state index is -0.404. The number of nitrogens with one attached hydrogen (secondary N) is 1. The number of aliphatic hydroxyl groups excluding tert-OH is 1. The van der Waals surface area contributed by atoms with Gasteiger partial charge in [0.2, 0.25) is 5.91 Å². The second-order valence-electron chi connectivity index (χ2n) is 6.40. The van der Waals surface area contributed by atoms with Crippen LogP contribution in [0.2, 0.25) is 0 Å². The largest absolute Gasteiger partial charge is 0.391 e. The Hall–Kier alpha value is -0.570. The van der Waals surface area contributed by atoms with Crippen LogP contribution in [-0.4, -0.2) is 23.7 Å². The SMILES string of the molecule is CCC(C)C(O)CNC(=O)CC1CC2CCC1C2. The Balaban J connectivity index is 1.66. The smallest absolute Gasteiger partial charge is 0.220 e. The number of amides is 1. The standard InChI is InChI=1S/C15H27NO2/c1-3-10(2)14(17)9-16-15(18)8-13-7-11-4-5-12(13)6-11/h10-14,17H,3-9H2,1-2H3,(H,16,18). The molecule has 0 heterocycles. The number of rotatable bonds is 6. The molecule has 104 valence electrons. The van der Waals surface area contributed by atoms with Crippen LogP contribution in [-0.2, 0) is 4.79 Å². The van der Waals surface area contributed by atoms with Gasteiger partial charge in [0, 0.05) is 13.0 Å². The van der Waals surface area contributed by atoms with Crippen molar-refractivity contribution in [1.82, 2.24) is 5.32 Å². The zero-order chi connectivity index (χ0) is 13.1. The Labute approximate surface area is 110 Å². The van der Waals surface area contributed by atoms with Gasteiger partial charge < -0.3 is 10.4 Å². The van der Waals surface area contributed by atoms with Crippen molar-refractivity contribution >= 4 is 5.91 Å². The van der Waals surface area contributed by atoms with Gasteiger partial charge in [0.05, 0.1) is 6.10 Å². The van der Waals surface area contributed by atoms with Crippen molar-refractivity contribution in [2.24, 2.45) is 23.7 Å². The summed E-state index contributed by atoms with van der Waals surface area (Å²) >= 11 is 0. The van der Waals surface area contributed by atoms with Crippen molar-refractivity contribution in [3.05, 3.63) is 0 Å². The van der Waals surface area contributed by atoms with Gasteiger partial charge in [-0.2, -0.15) is 0 Å². The van der Waals surface area contributed by atoms with Gasteiger partial charge in [0.15, 0.2) is 0 Å². The number of hydrogen-bond acceptors (Lipinski definition) is 2. The zero-order valence-corrected chi connectivity index (χ0v) is 11.7. The monoisotopic (exact) mass is 253 g/mol. The summed E-state index contributed by atoms with van der Waals surface area (Å²) in [5.74, 6) is 2.71. The quantitative estimate of drug-likeness (QED) is 0.763. The number of aliphatic hydroxyl groups is 1. The van der Waals surface area contributed by atoms with Gasteiger partial charge in [-0.05, 0) is 42.9 Å². The molecule has 2 fully saturated rings. The van der Waals surface area contributed by atoms with Gasteiger partial charge in [0.1, 0.15) is 0 Å². The number of carbonyl (C=O) groups excluding carboxylic acids is 1. The third kappa shape index (κ3) is 3.25. The molecule has 5 unspecified atom stereocenters. The third-order valence-electron chi connectivity index (χ3n) is 5.14. The van der Waals surface area contributed by atoms with Crippen LogP contribution in [0.25, 0.3) is 0 Å². The molecule has 0 aromatic carbocycles. The highest BCUT2D eigenvalue weighted by atomic mass is 16.3. The Morgan fingerprint density at radius 2 is 2.17 bits per heavy atom. The maximum Gasteiger partial charge on any atom is 0.220 e. The topological polar surface area (TPSA) is 49.3 Å². The Kier molecular flexibility index (Phi) is 4.66. The van der Waals surface area contributed by atoms with Gasteiger partial charge >= 0.3 is 0 Å². The first-order valence-electron chi connectivity index (χ1n) is 7.54. The molecular formula is C15H27NO2. The Bertz CT molecular complexity index is 292. The summed E-state index contributed by atoms with van der Waals surface area (Å²) < 4.78 is 0. The van der Waals surface area contributed by atoms with Gasteiger partial charge in [0.25, 0.3) is 0 Å². The molecule has 0 radical (unpaired) electrons. The van der Waals surface area contributed by atoms with E-state index in [1.165, 1.54) is 25.7 Å². The molecule has 2 N–H and O–H groups in total. The highest BCUT2D eigenvalue weighted by molar-refractivity contribution is 5.76. The summed E-state index contributed by atoms with van der Waals surface area (Å²) in [6, 6.07) is 0. The first-order chi connectivity index (χ1) is 8.60. The summed E-state index contributed by atoms with van der Waals surface area (Å²) in [4.78, 5) is 11.9. The summed E-state index contributed by atoms with van der Waals surface area (Å²) in [5, 5.41) is 12.7. The minimum absolute atomic E-state index is 0.134. The molecule has 5 atom stereocenters. The molecular weight excluding hydrogens is 226 g/mol. The predicted octanol–water partition coefficient (Wildman–Crippen LogP) is 2.34. The van der Waals surface area contributed by atoms with Crippen LogP contribution in [0.3, 0.4) is 0 Å². The molecule has 0 saturated heterocycles. The molecule has 0 aromatic rings. The van der Waals surface area contributed by atoms with Crippen LogP contribution in [0.1, 0.15) is 52.4 Å². The lowest BCUT2D eigenvalue weighted by Crippen LogP contribution is -2.36. The third-order valence-corrected chi connectivity index (χ3v) is 5.14. The molecule has 3 nitrogen and oxygen atoms in total. The fourth-order valence-corrected chi connectivity index (χ4v) is 3.63. The van der Waals surface area contributed by atoms with Gasteiger partial charge in [-0.3, -0.25) is 4.79 Å². The maximum absolute atomic E-state index is 11.9. The van der Waals surface area contributed by atoms with E-state index >= 15 is 0 Å². The van der Waals surface area contributed by atoms with Gasteiger partial charge in [-0.15, -0.1) is 0 Å². The van der Waals surface area contributed by atoms with Crippen molar-refractivity contribution in [2.45, 2.75) is 58.5 Å². The highest BCUT2D eigenvalue weighted by Crippen LogP contribution is 2.49. The first-order valence-corrected chi connectivity index (χ1v) is 7.54. The van der Waals surface area contributed by atoms with Crippen molar-refractivity contribution in [3.63, 3.8) is 0 Å². The van der Waals surface area contributed by atoms with Crippen molar-refractivity contribution < 1.29 is 9.90 Å². The van der Waals surface area contributed by atoms with Crippen molar-refractivity contribution in [3.8, 4) is 0 Å². The molecule has 1 amide bonds. The molecule has 2 bridgehead atoms. The van der Waals surface area contributed by atoms with Crippen LogP contribution in [0.15, 0.2) is 0 Å². The fraction of sp³-hybridized carbons (Fsp3) is 0.933. The highest BCUT2D eigenvalue weighted by Gasteiger charge is 2.40. The van der Waals surface area contributed by atoms with E-state index in [0.717, 1.165) is 18.3 Å². The first kappa shape index (κ1) is 13.9. The molecule has 2 saturated carbocycles. The fourth-order valence-electron chi connectivity index (χ4n) is 3.63. The normalized spacial score (nSPS) is 33.4. The van der Waals surface area contributed by atoms with E-state index in [0.29, 0.717) is 18.9 Å². The second kappa shape index (κ2) is 6.05. The molecule has 2 rings (SSSR count). The van der Waals surface area contributed by atoms with Crippen LogP contribution in [0, 0.1) is 23.7 Å². The summed E-state index contributed by atoms with van der Waals surface area (Å²) in [5.41, 5.74) is 0. The molecule has 0 aromatic heterocycles. The second-order valence-corrected chi connectivity index (χ2v) is 6.40. The van der Waals surface area contributed by atoms with Crippen molar-refractivity contribution in [1.29, 1.82) is 0 Å². The number of hydrogen-bond donors (Lipinski definition) is 2. The number of carbonyl (C=O) groups is 1. The van der Waals surface area contributed by atoms with E-state index < -0.39 is 6.10 Å². The van der Waals surface area contributed by atoms with E-state index in [2.05, 4.69) is 12.2 Å². The Morgan fingerprint density at radius 3 is 2.72 bits per heavy atom. The lowest BCUT2D eigenvalue weighted by molar-refractivity contribution is -0.123. The van der Waals surface area contributed by atoms with E-state index in [-0.39, 0.29) is 11.8 Å². The Morgan fingerprint density at radius 1 is 1.39 bits per heavy atom. The zero-order valence-electron chi connectivity index (χ0n) is 11.7. The summed E-state index contributed by atoms with van der Waals surface area (Å²) in [6.07, 6.45) is 6.55. The predicted molar refractivity (Wildman–Crippen MR) is 72.0 cm³/mol. The molecule has 18 heavy (non-hydrogen) atoms.